The van der Waals surface area contributed by atoms with Crippen molar-refractivity contribution in [2.45, 2.75) is 6.42 Å². The van der Waals surface area contributed by atoms with Gasteiger partial charge in [0.1, 0.15) is 11.6 Å². The third kappa shape index (κ3) is 3.38. The van der Waals surface area contributed by atoms with Gasteiger partial charge in [-0.25, -0.2) is 4.39 Å². The van der Waals surface area contributed by atoms with Gasteiger partial charge in [-0.05, 0) is 51.8 Å². The molecular formula is C15H11BrClFO2. The average Bonchev–Trinajstić information content (AvgIpc) is 2.43. The Morgan fingerprint density at radius 1 is 1.30 bits per heavy atom. The van der Waals surface area contributed by atoms with Crippen molar-refractivity contribution in [2.24, 2.45) is 0 Å². The van der Waals surface area contributed by atoms with Crippen molar-refractivity contribution in [1.82, 2.24) is 0 Å². The number of hydrogen-bond donors (Lipinski definition) is 0. The second-order valence-electron chi connectivity index (χ2n) is 4.19. The smallest absolute Gasteiger partial charge is 0.171 e. The molecule has 0 saturated carbocycles. The van der Waals surface area contributed by atoms with Gasteiger partial charge in [0.05, 0.1) is 17.1 Å². The third-order valence-electron chi connectivity index (χ3n) is 2.81. The molecule has 2 rings (SSSR count). The molecule has 5 heteroatoms. The van der Waals surface area contributed by atoms with E-state index in [9.17, 15) is 9.18 Å². The molecule has 0 spiro atoms. The molecule has 2 aromatic rings. The van der Waals surface area contributed by atoms with E-state index in [0.717, 1.165) is 0 Å². The van der Waals surface area contributed by atoms with Gasteiger partial charge in [0.15, 0.2) is 5.78 Å². The Kier molecular flexibility index (Phi) is 4.78. The second kappa shape index (κ2) is 6.37. The molecule has 0 aliphatic carbocycles. The zero-order chi connectivity index (χ0) is 14.7. The Bertz CT molecular complexity index is 658. The molecule has 104 valence electrons. The van der Waals surface area contributed by atoms with Crippen LogP contribution in [0.4, 0.5) is 4.39 Å². The van der Waals surface area contributed by atoms with E-state index >= 15 is 0 Å². The van der Waals surface area contributed by atoms with Crippen LogP contribution in [0.3, 0.4) is 0 Å². The maximum Gasteiger partial charge on any atom is 0.171 e. The highest BCUT2D eigenvalue weighted by Gasteiger charge is 2.14. The van der Waals surface area contributed by atoms with E-state index in [1.807, 2.05) is 0 Å². The Hall–Kier alpha value is -1.39. The Morgan fingerprint density at radius 2 is 2.05 bits per heavy atom. The number of ketones is 1. The predicted molar refractivity (Wildman–Crippen MR) is 80.1 cm³/mol. The summed E-state index contributed by atoms with van der Waals surface area (Å²) >= 11 is 9.00. The van der Waals surface area contributed by atoms with Crippen LogP contribution >= 0.6 is 27.5 Å². The fourth-order valence-electron chi connectivity index (χ4n) is 1.83. The Labute approximate surface area is 129 Å². The first kappa shape index (κ1) is 15.0. The Balaban J connectivity index is 2.27. The minimum atomic E-state index is -0.360. The summed E-state index contributed by atoms with van der Waals surface area (Å²) in [5.41, 5.74) is 1.13. The number of carbonyl (C=O) groups is 1. The molecule has 0 radical (unpaired) electrons. The standard InChI is InChI=1S/C15H11BrClFO2/c1-20-15-5-3-10(17)8-11(15)14(19)7-9-2-4-13(18)12(16)6-9/h2-6,8H,7H2,1H3. The van der Waals surface area contributed by atoms with Crippen LogP contribution in [0.2, 0.25) is 5.02 Å². The van der Waals surface area contributed by atoms with Crippen LogP contribution in [0.5, 0.6) is 5.75 Å². The van der Waals surface area contributed by atoms with E-state index < -0.39 is 0 Å². The van der Waals surface area contributed by atoms with Crippen molar-refractivity contribution in [2.75, 3.05) is 7.11 Å². The van der Waals surface area contributed by atoms with Crippen molar-refractivity contribution in [3.05, 3.63) is 62.8 Å². The first-order valence-electron chi connectivity index (χ1n) is 5.82. The van der Waals surface area contributed by atoms with Gasteiger partial charge in [-0.3, -0.25) is 4.79 Å². The largest absolute Gasteiger partial charge is 0.496 e. The van der Waals surface area contributed by atoms with Gasteiger partial charge in [-0.1, -0.05) is 17.7 Å². The maximum atomic E-state index is 13.2. The van der Waals surface area contributed by atoms with Gasteiger partial charge in [0, 0.05) is 11.4 Å². The van der Waals surface area contributed by atoms with Gasteiger partial charge in [-0.2, -0.15) is 0 Å². The van der Waals surface area contributed by atoms with Crippen molar-refractivity contribution >= 4 is 33.3 Å². The fourth-order valence-corrected chi connectivity index (χ4v) is 2.43. The molecule has 0 unspecified atom stereocenters. The van der Waals surface area contributed by atoms with Gasteiger partial charge >= 0.3 is 0 Å². The van der Waals surface area contributed by atoms with E-state index in [1.165, 1.54) is 13.2 Å². The average molecular weight is 358 g/mol. The van der Waals surface area contributed by atoms with Gasteiger partial charge in [0.25, 0.3) is 0 Å². The number of benzene rings is 2. The summed E-state index contributed by atoms with van der Waals surface area (Å²) in [7, 11) is 1.49. The van der Waals surface area contributed by atoms with Crippen molar-refractivity contribution in [1.29, 1.82) is 0 Å². The number of Topliss-reactive ketones (excluding diaryl/α,β-unsaturated/α-hetero) is 1. The number of halogens is 3. The Morgan fingerprint density at radius 3 is 2.70 bits per heavy atom. The summed E-state index contributed by atoms with van der Waals surface area (Å²) in [4.78, 5) is 12.3. The van der Waals surface area contributed by atoms with Crippen molar-refractivity contribution in [3.8, 4) is 5.75 Å². The van der Waals surface area contributed by atoms with Crippen LogP contribution in [-0.4, -0.2) is 12.9 Å². The summed E-state index contributed by atoms with van der Waals surface area (Å²) in [5, 5.41) is 0.467. The first-order valence-corrected chi connectivity index (χ1v) is 6.99. The number of carbonyl (C=O) groups excluding carboxylic acids is 1. The van der Waals surface area contributed by atoms with E-state index in [2.05, 4.69) is 15.9 Å². The molecular weight excluding hydrogens is 347 g/mol. The van der Waals surface area contributed by atoms with Gasteiger partial charge < -0.3 is 4.74 Å². The lowest BCUT2D eigenvalue weighted by Crippen LogP contribution is -2.06. The highest BCUT2D eigenvalue weighted by atomic mass is 79.9. The molecule has 0 N–H and O–H groups in total. The lowest BCUT2D eigenvalue weighted by atomic mass is 10.0. The highest BCUT2D eigenvalue weighted by Crippen LogP contribution is 2.25. The normalized spacial score (nSPS) is 10.4. The van der Waals surface area contributed by atoms with Crippen LogP contribution in [0.1, 0.15) is 15.9 Å². The third-order valence-corrected chi connectivity index (χ3v) is 3.65. The molecule has 0 aliphatic rings. The van der Waals surface area contributed by atoms with Crippen LogP contribution < -0.4 is 4.74 Å². The number of methoxy groups -OCH3 is 1. The second-order valence-corrected chi connectivity index (χ2v) is 5.48. The summed E-state index contributed by atoms with van der Waals surface area (Å²) < 4.78 is 18.6. The molecule has 0 heterocycles. The summed E-state index contributed by atoms with van der Waals surface area (Å²) in [5.74, 6) is -0.0232. The quantitative estimate of drug-likeness (QED) is 0.743. The zero-order valence-electron chi connectivity index (χ0n) is 10.6. The molecule has 20 heavy (non-hydrogen) atoms. The molecule has 0 aromatic heterocycles. The van der Waals surface area contributed by atoms with E-state index in [1.54, 1.807) is 30.3 Å². The molecule has 2 nitrogen and oxygen atoms in total. The van der Waals surface area contributed by atoms with Gasteiger partial charge in [-0.15, -0.1) is 0 Å². The van der Waals surface area contributed by atoms with Crippen LogP contribution in [0.15, 0.2) is 40.9 Å². The minimum Gasteiger partial charge on any atom is -0.496 e. The summed E-state index contributed by atoms with van der Waals surface area (Å²) in [6, 6.07) is 9.37. The maximum absolute atomic E-state index is 13.2. The summed E-state index contributed by atoms with van der Waals surface area (Å²) in [6.07, 6.45) is 0.148. The summed E-state index contributed by atoms with van der Waals surface area (Å²) in [6.45, 7) is 0. The molecule has 0 amide bonds. The monoisotopic (exact) mass is 356 g/mol. The lowest BCUT2D eigenvalue weighted by molar-refractivity contribution is 0.0990. The van der Waals surface area contributed by atoms with Crippen molar-refractivity contribution < 1.29 is 13.9 Å². The highest BCUT2D eigenvalue weighted by molar-refractivity contribution is 9.10. The molecule has 0 bridgehead atoms. The minimum absolute atomic E-state index is 0.136. The predicted octanol–water partition coefficient (Wildman–Crippen LogP) is 4.68. The number of hydrogen-bond acceptors (Lipinski definition) is 2. The van der Waals surface area contributed by atoms with Gasteiger partial charge in [0.2, 0.25) is 0 Å². The van der Waals surface area contributed by atoms with E-state index in [0.29, 0.717) is 26.4 Å². The zero-order valence-corrected chi connectivity index (χ0v) is 13.0. The molecule has 0 atom stereocenters. The molecule has 0 fully saturated rings. The molecule has 0 aliphatic heterocycles. The lowest BCUT2D eigenvalue weighted by Gasteiger charge is -2.08. The SMILES string of the molecule is COc1ccc(Cl)cc1C(=O)Cc1ccc(F)c(Br)c1. The molecule has 0 saturated heterocycles. The topological polar surface area (TPSA) is 26.3 Å². The van der Waals surface area contributed by atoms with E-state index in [4.69, 9.17) is 16.3 Å². The fraction of sp³-hybridized carbons (Fsp3) is 0.133. The van der Waals surface area contributed by atoms with E-state index in [-0.39, 0.29) is 18.0 Å². The number of rotatable bonds is 4. The van der Waals surface area contributed by atoms with Crippen molar-refractivity contribution in [3.63, 3.8) is 0 Å². The molecule has 2 aromatic carbocycles. The van der Waals surface area contributed by atoms with Crippen LogP contribution in [-0.2, 0) is 6.42 Å². The number of ether oxygens (including phenoxy) is 1. The van der Waals surface area contributed by atoms with Crippen LogP contribution in [0, 0.1) is 5.82 Å². The first-order chi connectivity index (χ1) is 9.51. The van der Waals surface area contributed by atoms with Crippen LogP contribution in [0.25, 0.3) is 0 Å².